The van der Waals surface area contributed by atoms with Gasteiger partial charge in [-0.15, -0.1) is 0 Å². The lowest BCUT2D eigenvalue weighted by Gasteiger charge is -2.11. The van der Waals surface area contributed by atoms with Gasteiger partial charge < -0.3 is 4.98 Å². The molecule has 1 aromatic heterocycles. The van der Waals surface area contributed by atoms with Crippen molar-refractivity contribution in [3.63, 3.8) is 0 Å². The van der Waals surface area contributed by atoms with Gasteiger partial charge in [-0.05, 0) is 41.5 Å². The van der Waals surface area contributed by atoms with E-state index in [-0.39, 0.29) is 34.6 Å². The lowest BCUT2D eigenvalue weighted by Crippen LogP contribution is -2.11. The highest BCUT2D eigenvalue weighted by atomic mass is 35.5. The summed E-state index contributed by atoms with van der Waals surface area (Å²) in [5.41, 5.74) is -3.20. The molecular weight excluding hydrogens is 539 g/mol. The van der Waals surface area contributed by atoms with Crippen LogP contribution in [-0.4, -0.2) is 18.4 Å². The van der Waals surface area contributed by atoms with Gasteiger partial charge in [0.1, 0.15) is 17.2 Å². The third kappa shape index (κ3) is 5.32. The van der Waals surface area contributed by atoms with Crippen LogP contribution in [0.1, 0.15) is 16.7 Å². The number of aromatic nitrogens is 2. The van der Waals surface area contributed by atoms with Gasteiger partial charge in [0.25, 0.3) is 0 Å². The zero-order valence-electron chi connectivity index (χ0n) is 17.6. The molecule has 0 aliphatic carbocycles. The fraction of sp³-hybridized carbons (Fsp3) is 0.136. The molecule has 0 radical (unpaired) electrons. The molecule has 5 nitrogen and oxygen atoms in total. The molecule has 0 amide bonds. The highest BCUT2D eigenvalue weighted by molar-refractivity contribution is 7.70. The first-order valence-corrected chi connectivity index (χ1v) is 11.4. The maximum atomic E-state index is 14.3. The molecule has 0 atom stereocenters. The fourth-order valence-corrected chi connectivity index (χ4v) is 4.10. The third-order valence-corrected chi connectivity index (χ3v) is 5.96. The molecule has 190 valence electrons. The van der Waals surface area contributed by atoms with E-state index >= 15 is 0 Å². The SMILES string of the molecule is O=[SH](=O)NCc1ccc(-c2ccc(-c3nc4c(C(F)(F)F)cc(C(F)(F)F)cc4[nH]3)c(Cl)c2)cc1F. The van der Waals surface area contributed by atoms with Crippen molar-refractivity contribution in [1.82, 2.24) is 14.7 Å². The molecule has 0 saturated heterocycles. The van der Waals surface area contributed by atoms with Gasteiger partial charge in [-0.25, -0.2) is 22.5 Å². The molecule has 3 aromatic carbocycles. The number of imidazole rings is 1. The number of nitrogens with zero attached hydrogens (tertiary/aromatic N) is 1. The third-order valence-electron chi connectivity index (χ3n) is 5.23. The second kappa shape index (κ2) is 9.37. The number of nitrogens with one attached hydrogen (secondary N) is 2. The summed E-state index contributed by atoms with van der Waals surface area (Å²) >= 11 is 6.30. The van der Waals surface area contributed by atoms with E-state index in [1.807, 2.05) is 0 Å². The van der Waals surface area contributed by atoms with Crippen molar-refractivity contribution >= 4 is 33.5 Å². The monoisotopic (exact) mass is 551 g/mol. The molecule has 0 aliphatic rings. The molecule has 0 fully saturated rings. The molecule has 36 heavy (non-hydrogen) atoms. The van der Waals surface area contributed by atoms with Gasteiger partial charge in [0.05, 0.1) is 21.7 Å². The van der Waals surface area contributed by atoms with Crippen LogP contribution >= 0.6 is 11.6 Å². The second-order valence-electron chi connectivity index (χ2n) is 7.59. The largest absolute Gasteiger partial charge is 0.418 e. The van der Waals surface area contributed by atoms with Gasteiger partial charge in [0.2, 0.25) is 10.9 Å². The molecule has 14 heteroatoms. The Balaban J connectivity index is 1.74. The molecular formula is C22H13ClF7N3O2S. The van der Waals surface area contributed by atoms with Crippen molar-refractivity contribution in [3.05, 3.63) is 76.1 Å². The van der Waals surface area contributed by atoms with Crippen molar-refractivity contribution in [3.8, 4) is 22.5 Å². The Kier molecular flexibility index (Phi) is 6.75. The molecule has 0 unspecified atom stereocenters. The molecule has 0 saturated carbocycles. The van der Waals surface area contributed by atoms with E-state index in [1.54, 1.807) is 0 Å². The normalized spacial score (nSPS) is 12.6. The van der Waals surface area contributed by atoms with Gasteiger partial charge in [0, 0.05) is 17.7 Å². The first-order chi connectivity index (χ1) is 16.7. The Hall–Kier alpha value is -3.16. The number of hydrogen-bond donors (Lipinski definition) is 3. The number of fused-ring (bicyclic) bond motifs is 1. The van der Waals surface area contributed by atoms with Crippen molar-refractivity contribution in [1.29, 1.82) is 0 Å². The smallest absolute Gasteiger partial charge is 0.338 e. The number of thiol groups is 1. The van der Waals surface area contributed by atoms with E-state index in [9.17, 15) is 39.2 Å². The Labute approximate surface area is 205 Å². The summed E-state index contributed by atoms with van der Waals surface area (Å²) < 4.78 is 117. The predicted molar refractivity (Wildman–Crippen MR) is 119 cm³/mol. The molecule has 0 bridgehead atoms. The van der Waals surface area contributed by atoms with Crippen LogP contribution in [0.3, 0.4) is 0 Å². The quantitative estimate of drug-likeness (QED) is 0.200. The summed E-state index contributed by atoms with van der Waals surface area (Å²) in [5, 5.41) is -0.00865. The maximum Gasteiger partial charge on any atom is 0.418 e. The average Bonchev–Trinajstić information content (AvgIpc) is 3.19. The summed E-state index contributed by atoms with van der Waals surface area (Å²) in [6.45, 7) is -0.244. The van der Waals surface area contributed by atoms with E-state index in [2.05, 4.69) is 14.7 Å². The number of halogens is 8. The van der Waals surface area contributed by atoms with Crippen LogP contribution in [0.4, 0.5) is 30.7 Å². The Bertz CT molecular complexity index is 1540. The zero-order chi connectivity index (χ0) is 26.4. The lowest BCUT2D eigenvalue weighted by atomic mass is 10.0. The molecule has 4 aromatic rings. The standard InChI is InChI=1S/C22H13ClF7N3O2S/c23-16-5-10(11-1-2-12(17(24)6-11)9-31-36(34)35)3-4-14(16)20-32-18-8-13(21(25,26)27)7-15(19(18)33-20)22(28,29)30/h1-8,36H,9H2,(H,32,33)(H,31,34,35). The van der Waals surface area contributed by atoms with Crippen LogP contribution in [0.5, 0.6) is 0 Å². The predicted octanol–water partition coefficient (Wildman–Crippen LogP) is 6.34. The van der Waals surface area contributed by atoms with Crippen molar-refractivity contribution < 1.29 is 39.2 Å². The molecule has 2 N–H and O–H groups in total. The number of H-pyrrole nitrogens is 1. The van der Waals surface area contributed by atoms with Crippen LogP contribution in [0.15, 0.2) is 48.5 Å². The Morgan fingerprint density at radius 2 is 1.58 bits per heavy atom. The molecule has 0 spiro atoms. The minimum absolute atomic E-state index is 0.000689. The number of hydrogen-bond acceptors (Lipinski definition) is 3. The van der Waals surface area contributed by atoms with Gasteiger partial charge in [-0.2, -0.15) is 26.3 Å². The fourth-order valence-electron chi connectivity index (χ4n) is 3.53. The van der Waals surface area contributed by atoms with E-state index < -0.39 is 51.2 Å². The summed E-state index contributed by atoms with van der Waals surface area (Å²) in [6.07, 6.45) is -10.1. The summed E-state index contributed by atoms with van der Waals surface area (Å²) in [5.74, 6) is -0.875. The maximum absolute atomic E-state index is 14.3. The number of benzene rings is 3. The van der Waals surface area contributed by atoms with E-state index in [0.717, 1.165) is 6.07 Å². The highest BCUT2D eigenvalue weighted by Crippen LogP contribution is 2.41. The Morgan fingerprint density at radius 1 is 0.917 bits per heavy atom. The first kappa shape index (κ1) is 25.9. The minimum Gasteiger partial charge on any atom is -0.338 e. The van der Waals surface area contributed by atoms with E-state index in [4.69, 9.17) is 11.6 Å². The van der Waals surface area contributed by atoms with Crippen LogP contribution in [0.2, 0.25) is 5.02 Å². The van der Waals surface area contributed by atoms with Gasteiger partial charge in [-0.3, -0.25) is 0 Å². The highest BCUT2D eigenvalue weighted by Gasteiger charge is 2.39. The average molecular weight is 552 g/mol. The molecule has 0 aliphatic heterocycles. The van der Waals surface area contributed by atoms with Crippen LogP contribution in [-0.2, 0) is 29.8 Å². The van der Waals surface area contributed by atoms with E-state index in [0.29, 0.717) is 17.2 Å². The van der Waals surface area contributed by atoms with Gasteiger partial charge in [0.15, 0.2) is 0 Å². The van der Waals surface area contributed by atoms with Crippen molar-refractivity contribution in [2.45, 2.75) is 18.9 Å². The zero-order valence-corrected chi connectivity index (χ0v) is 19.2. The lowest BCUT2D eigenvalue weighted by molar-refractivity contribution is -0.142. The van der Waals surface area contributed by atoms with Crippen LogP contribution < -0.4 is 4.72 Å². The van der Waals surface area contributed by atoms with Crippen LogP contribution in [0.25, 0.3) is 33.5 Å². The van der Waals surface area contributed by atoms with E-state index in [1.165, 1.54) is 30.3 Å². The number of alkyl halides is 6. The topological polar surface area (TPSA) is 74.8 Å². The number of aromatic amines is 1. The van der Waals surface area contributed by atoms with Crippen LogP contribution in [0, 0.1) is 5.82 Å². The van der Waals surface area contributed by atoms with Gasteiger partial charge >= 0.3 is 12.4 Å². The summed E-state index contributed by atoms with van der Waals surface area (Å²) in [6, 6.07) is 8.80. The second-order valence-corrected chi connectivity index (χ2v) is 8.83. The number of rotatable bonds is 5. The summed E-state index contributed by atoms with van der Waals surface area (Å²) in [7, 11) is -2.90. The molecule has 4 rings (SSSR count). The molecule has 1 heterocycles. The minimum atomic E-state index is -5.09. The Morgan fingerprint density at radius 3 is 2.17 bits per heavy atom. The van der Waals surface area contributed by atoms with Crippen molar-refractivity contribution in [2.75, 3.05) is 0 Å². The summed E-state index contributed by atoms with van der Waals surface area (Å²) in [4.78, 5) is 6.32. The van der Waals surface area contributed by atoms with Gasteiger partial charge in [-0.1, -0.05) is 29.8 Å². The first-order valence-electron chi connectivity index (χ1n) is 9.89. The van der Waals surface area contributed by atoms with Crippen molar-refractivity contribution in [2.24, 2.45) is 0 Å².